The highest BCUT2D eigenvalue weighted by Crippen LogP contribution is 2.56. The number of benzene rings is 8. The molecule has 0 saturated heterocycles. The predicted octanol–water partition coefficient (Wildman–Crippen LogP) is 15.5. The fourth-order valence-corrected chi connectivity index (χ4v) is 11.3. The van der Waals surface area contributed by atoms with Crippen LogP contribution < -0.4 is 9.80 Å². The number of aromatic nitrogens is 3. The molecule has 5 heterocycles. The van der Waals surface area contributed by atoms with Crippen LogP contribution in [0.3, 0.4) is 0 Å². The van der Waals surface area contributed by atoms with Crippen LogP contribution in [0.5, 0.6) is 0 Å². The van der Waals surface area contributed by atoms with E-state index in [1.807, 2.05) is 12.4 Å². The number of anilines is 6. The number of nitrogens with zero attached hydrogens (tertiary/aromatic N) is 5. The average molecular weight is 824 g/mol. The van der Waals surface area contributed by atoms with Crippen LogP contribution in [0.25, 0.3) is 55.0 Å². The highest BCUT2D eigenvalue weighted by Gasteiger charge is 2.40. The minimum Gasteiger partial charge on any atom is -0.310 e. The van der Waals surface area contributed by atoms with Crippen molar-refractivity contribution in [3.05, 3.63) is 223 Å². The quantitative estimate of drug-likeness (QED) is 0.177. The van der Waals surface area contributed by atoms with E-state index < -0.39 is 0 Å². The molecule has 0 spiro atoms. The second-order valence-corrected chi connectivity index (χ2v) is 18.5. The zero-order chi connectivity index (χ0) is 42.9. The summed E-state index contributed by atoms with van der Waals surface area (Å²) in [6, 6.07) is 69.5. The molecule has 2 aliphatic heterocycles. The molecular formula is C59H45N5. The number of fused-ring (bicyclic) bond motifs is 10. The van der Waals surface area contributed by atoms with Gasteiger partial charge < -0.3 is 18.9 Å². The van der Waals surface area contributed by atoms with E-state index in [0.717, 1.165) is 34.1 Å². The summed E-state index contributed by atoms with van der Waals surface area (Å²) in [4.78, 5) is 9.71. The first-order valence-corrected chi connectivity index (χ1v) is 22.3. The number of rotatable bonds is 4. The van der Waals surface area contributed by atoms with Crippen LogP contribution in [0.2, 0.25) is 0 Å². The van der Waals surface area contributed by atoms with E-state index in [1.54, 1.807) is 0 Å². The lowest BCUT2D eigenvalue weighted by molar-refractivity contribution is 0.630. The summed E-state index contributed by atoms with van der Waals surface area (Å²) < 4.78 is 4.89. The molecule has 0 fully saturated rings. The summed E-state index contributed by atoms with van der Waals surface area (Å²) in [5, 5.41) is 4.99. The molecule has 13 rings (SSSR count). The van der Waals surface area contributed by atoms with Crippen LogP contribution in [-0.2, 0) is 10.8 Å². The zero-order valence-corrected chi connectivity index (χ0v) is 36.3. The Morgan fingerprint density at radius 1 is 0.328 bits per heavy atom. The Labute approximate surface area is 372 Å². The Balaban J connectivity index is 1.11. The smallest absolute Gasteiger partial charge is 0.0685 e. The minimum absolute atomic E-state index is 0.219. The number of hydrogen-bond acceptors (Lipinski definition) is 3. The van der Waals surface area contributed by atoms with Crippen molar-refractivity contribution in [3.63, 3.8) is 0 Å². The number of para-hydroxylation sites is 6. The summed E-state index contributed by atoms with van der Waals surface area (Å²) in [6.45, 7) is 9.43. The third-order valence-electron chi connectivity index (χ3n) is 14.3. The Kier molecular flexibility index (Phi) is 7.64. The third-order valence-corrected chi connectivity index (χ3v) is 14.3. The lowest BCUT2D eigenvalue weighted by Gasteiger charge is -2.43. The summed E-state index contributed by atoms with van der Waals surface area (Å²) in [6.07, 6.45) is 3.98. The van der Waals surface area contributed by atoms with Crippen LogP contribution in [0.4, 0.5) is 34.1 Å². The van der Waals surface area contributed by atoms with Gasteiger partial charge in [0.15, 0.2) is 0 Å². The maximum Gasteiger partial charge on any atom is 0.0685 e. The molecule has 5 heteroatoms. The zero-order valence-electron chi connectivity index (χ0n) is 36.3. The van der Waals surface area contributed by atoms with Crippen molar-refractivity contribution in [2.75, 3.05) is 9.80 Å². The second kappa shape index (κ2) is 13.3. The molecule has 0 amide bonds. The van der Waals surface area contributed by atoms with Gasteiger partial charge in [-0.05, 0) is 101 Å². The van der Waals surface area contributed by atoms with Gasteiger partial charge in [-0.1, -0.05) is 137 Å². The molecule has 0 unspecified atom stereocenters. The molecule has 0 aliphatic carbocycles. The van der Waals surface area contributed by atoms with Crippen molar-refractivity contribution in [3.8, 4) is 11.4 Å². The largest absolute Gasteiger partial charge is 0.310 e. The average Bonchev–Trinajstić information content (AvgIpc) is 3.85. The van der Waals surface area contributed by atoms with Gasteiger partial charge in [0.05, 0.1) is 68.1 Å². The van der Waals surface area contributed by atoms with E-state index in [9.17, 15) is 0 Å². The lowest BCUT2D eigenvalue weighted by atomic mass is 9.73. The van der Waals surface area contributed by atoms with Crippen molar-refractivity contribution < 1.29 is 0 Å². The van der Waals surface area contributed by atoms with Crippen molar-refractivity contribution >= 4 is 77.7 Å². The van der Waals surface area contributed by atoms with Gasteiger partial charge >= 0.3 is 0 Å². The highest BCUT2D eigenvalue weighted by molar-refractivity contribution is 6.10. The molecule has 0 bridgehead atoms. The van der Waals surface area contributed by atoms with E-state index in [1.165, 1.54) is 77.2 Å². The minimum atomic E-state index is -0.299. The molecule has 64 heavy (non-hydrogen) atoms. The van der Waals surface area contributed by atoms with Crippen LogP contribution in [0.1, 0.15) is 49.9 Å². The fraction of sp³-hybridized carbons (Fsp3) is 0.102. The van der Waals surface area contributed by atoms with Gasteiger partial charge in [0.25, 0.3) is 0 Å². The molecule has 0 saturated carbocycles. The van der Waals surface area contributed by atoms with Gasteiger partial charge in [0, 0.05) is 44.3 Å². The van der Waals surface area contributed by atoms with Gasteiger partial charge in [-0.3, -0.25) is 4.98 Å². The number of pyridine rings is 1. The molecule has 0 atom stereocenters. The highest BCUT2D eigenvalue weighted by atomic mass is 15.2. The van der Waals surface area contributed by atoms with Gasteiger partial charge in [0.2, 0.25) is 0 Å². The summed E-state index contributed by atoms with van der Waals surface area (Å²) in [5.74, 6) is 0. The Bertz CT molecular complexity index is 3560. The van der Waals surface area contributed by atoms with E-state index in [4.69, 9.17) is 4.98 Å². The molecule has 3 aromatic heterocycles. The molecule has 306 valence electrons. The van der Waals surface area contributed by atoms with Gasteiger partial charge in [-0.15, -0.1) is 0 Å². The van der Waals surface area contributed by atoms with E-state index in [0.29, 0.717) is 0 Å². The van der Waals surface area contributed by atoms with Gasteiger partial charge in [-0.25, -0.2) is 0 Å². The van der Waals surface area contributed by atoms with Crippen LogP contribution in [0.15, 0.2) is 200 Å². The van der Waals surface area contributed by atoms with Gasteiger partial charge in [-0.2, -0.15) is 0 Å². The maximum atomic E-state index is 4.76. The third kappa shape index (κ3) is 5.03. The van der Waals surface area contributed by atoms with Crippen LogP contribution in [-0.4, -0.2) is 14.1 Å². The predicted molar refractivity (Wildman–Crippen MR) is 267 cm³/mol. The van der Waals surface area contributed by atoms with E-state index >= 15 is 0 Å². The van der Waals surface area contributed by atoms with Gasteiger partial charge in [0.1, 0.15) is 0 Å². The Hall–Kier alpha value is -7.89. The number of hydrogen-bond donors (Lipinski definition) is 0. The molecule has 11 aromatic rings. The maximum absolute atomic E-state index is 4.76. The van der Waals surface area contributed by atoms with Crippen molar-refractivity contribution in [2.24, 2.45) is 0 Å². The molecule has 0 N–H and O–H groups in total. The summed E-state index contributed by atoms with van der Waals surface area (Å²) in [5.41, 5.74) is 18.3. The molecule has 5 nitrogen and oxygen atoms in total. The van der Waals surface area contributed by atoms with E-state index in [2.05, 4.69) is 235 Å². The lowest BCUT2D eigenvalue weighted by Crippen LogP contribution is -2.31. The van der Waals surface area contributed by atoms with E-state index in [-0.39, 0.29) is 10.8 Å². The van der Waals surface area contributed by atoms with Crippen molar-refractivity contribution in [1.29, 1.82) is 0 Å². The molecule has 8 aromatic carbocycles. The SMILES string of the molecule is CC1(C)c2ccccc2N(c2cc(N3c4ccccc4C(C)(C)c4cc(-n5c6ccccc6c6ccccc65)ccc43)cc(-n3c4ccccc4c4ccccc43)c2)c2cnccc21. The van der Waals surface area contributed by atoms with Crippen LogP contribution in [0, 0.1) is 0 Å². The first-order valence-electron chi connectivity index (χ1n) is 22.3. The topological polar surface area (TPSA) is 29.2 Å². The first kappa shape index (κ1) is 36.7. The molecule has 0 radical (unpaired) electrons. The first-order chi connectivity index (χ1) is 31.3. The molecule has 2 aliphatic rings. The van der Waals surface area contributed by atoms with Crippen LogP contribution >= 0.6 is 0 Å². The Morgan fingerprint density at radius 2 is 0.719 bits per heavy atom. The fourth-order valence-electron chi connectivity index (χ4n) is 11.3. The monoisotopic (exact) mass is 823 g/mol. The summed E-state index contributed by atoms with van der Waals surface area (Å²) in [7, 11) is 0. The summed E-state index contributed by atoms with van der Waals surface area (Å²) >= 11 is 0. The Morgan fingerprint density at radius 3 is 1.25 bits per heavy atom. The normalized spacial score (nSPS) is 14.8. The second-order valence-electron chi connectivity index (χ2n) is 18.5. The molecular weight excluding hydrogens is 779 g/mol. The van der Waals surface area contributed by atoms with Crippen molar-refractivity contribution in [1.82, 2.24) is 14.1 Å². The van der Waals surface area contributed by atoms with Crippen molar-refractivity contribution in [2.45, 2.75) is 38.5 Å². The standard InChI is InChI=1S/C59H45N5/c1-58(2)46-21-9-16-28-55(46)64(57-37-60-32-31-48(57)58)41-34-39(62-52-25-13-7-19-44(52)45-20-8-14-26-53(45)62)33-40(35-41)63-54-27-15-10-22-47(54)59(3,4)49-36-38(29-30-56(49)63)61-50-23-11-5-17-42(50)43-18-6-12-24-51(43)61/h5-37H,1-4H3.